The van der Waals surface area contributed by atoms with Crippen LogP contribution in [0.1, 0.15) is 32.3 Å². The van der Waals surface area contributed by atoms with Crippen molar-refractivity contribution in [3.05, 3.63) is 47.4 Å². The number of halogens is 1. The molecule has 0 amide bonds. The summed E-state index contributed by atoms with van der Waals surface area (Å²) < 4.78 is 1.93. The van der Waals surface area contributed by atoms with Gasteiger partial charge in [-0.2, -0.15) is 4.98 Å². The van der Waals surface area contributed by atoms with E-state index in [0.29, 0.717) is 0 Å². The SMILES string of the molecule is CSc1nc(Cl)nc2c1ccn2-c1ccc(C(C(=O)O)C(C)(C)C)cc1. The Morgan fingerprint density at radius 2 is 1.85 bits per heavy atom. The van der Waals surface area contributed by atoms with Gasteiger partial charge in [0.2, 0.25) is 5.28 Å². The molecular formula is C19H20ClN3O2S. The van der Waals surface area contributed by atoms with Crippen LogP contribution >= 0.6 is 23.4 Å². The summed E-state index contributed by atoms with van der Waals surface area (Å²) in [5.41, 5.74) is 2.03. The molecule has 3 aromatic rings. The Kier molecular flexibility index (Phi) is 4.99. The van der Waals surface area contributed by atoms with Gasteiger partial charge in [0, 0.05) is 11.9 Å². The Balaban J connectivity index is 2.06. The molecule has 0 saturated heterocycles. The fourth-order valence-corrected chi connectivity index (χ4v) is 3.94. The lowest BCUT2D eigenvalue weighted by Gasteiger charge is -2.27. The number of carboxylic acid groups (broad SMARTS) is 1. The van der Waals surface area contributed by atoms with Crippen molar-refractivity contribution in [2.75, 3.05) is 6.26 Å². The summed E-state index contributed by atoms with van der Waals surface area (Å²) in [5.74, 6) is -1.39. The van der Waals surface area contributed by atoms with E-state index < -0.39 is 11.9 Å². The monoisotopic (exact) mass is 389 g/mol. The van der Waals surface area contributed by atoms with Crippen molar-refractivity contribution in [3.63, 3.8) is 0 Å². The standard InChI is InChI=1S/C19H20ClN3O2S/c1-19(2,3)14(17(24)25)11-5-7-12(8-6-11)23-10-9-13-15(23)21-18(20)22-16(13)26-4/h5-10,14H,1-4H3,(H,24,25). The van der Waals surface area contributed by atoms with E-state index in [-0.39, 0.29) is 10.7 Å². The highest BCUT2D eigenvalue weighted by Gasteiger charge is 2.32. The largest absolute Gasteiger partial charge is 0.481 e. The molecule has 0 fully saturated rings. The average Bonchev–Trinajstić information content (AvgIpc) is 2.96. The van der Waals surface area contributed by atoms with Crippen molar-refractivity contribution in [1.82, 2.24) is 14.5 Å². The Morgan fingerprint density at radius 1 is 1.19 bits per heavy atom. The third-order valence-electron chi connectivity index (χ3n) is 4.29. The number of fused-ring (bicyclic) bond motifs is 1. The molecule has 1 N–H and O–H groups in total. The second kappa shape index (κ2) is 6.93. The van der Waals surface area contributed by atoms with Gasteiger partial charge in [-0.15, -0.1) is 11.8 Å². The van der Waals surface area contributed by atoms with E-state index in [1.54, 1.807) is 0 Å². The summed E-state index contributed by atoms with van der Waals surface area (Å²) in [7, 11) is 0. The summed E-state index contributed by atoms with van der Waals surface area (Å²) in [6, 6.07) is 9.50. The molecule has 0 spiro atoms. The third kappa shape index (κ3) is 3.44. The van der Waals surface area contributed by atoms with Crippen LogP contribution in [0, 0.1) is 5.41 Å². The van der Waals surface area contributed by atoms with E-state index in [2.05, 4.69) is 9.97 Å². The van der Waals surface area contributed by atoms with E-state index in [4.69, 9.17) is 11.6 Å². The number of hydrogen-bond donors (Lipinski definition) is 1. The molecule has 1 aromatic carbocycles. The first-order chi connectivity index (χ1) is 12.2. The second-order valence-electron chi connectivity index (χ2n) is 7.15. The first-order valence-corrected chi connectivity index (χ1v) is 9.74. The van der Waals surface area contributed by atoms with Crippen LogP contribution in [0.4, 0.5) is 0 Å². The van der Waals surface area contributed by atoms with E-state index >= 15 is 0 Å². The summed E-state index contributed by atoms with van der Waals surface area (Å²) in [5, 5.41) is 11.6. The molecule has 1 atom stereocenters. The Labute approximate surface area is 161 Å². The van der Waals surface area contributed by atoms with Gasteiger partial charge >= 0.3 is 5.97 Å². The van der Waals surface area contributed by atoms with Crippen molar-refractivity contribution >= 4 is 40.4 Å². The minimum Gasteiger partial charge on any atom is -0.481 e. The van der Waals surface area contributed by atoms with E-state index in [1.165, 1.54) is 11.8 Å². The van der Waals surface area contributed by atoms with Crippen molar-refractivity contribution in [2.45, 2.75) is 31.7 Å². The zero-order valence-electron chi connectivity index (χ0n) is 15.0. The molecule has 0 saturated carbocycles. The van der Waals surface area contributed by atoms with Crippen molar-refractivity contribution in [2.24, 2.45) is 5.41 Å². The minimum atomic E-state index is -0.819. The zero-order valence-corrected chi connectivity index (χ0v) is 16.6. The van der Waals surface area contributed by atoms with Gasteiger partial charge in [-0.25, -0.2) is 4.98 Å². The predicted octanol–water partition coefficient (Wildman–Crippen LogP) is 5.01. The van der Waals surface area contributed by atoms with Gasteiger partial charge in [0.25, 0.3) is 0 Å². The van der Waals surface area contributed by atoms with Crippen LogP contribution in [-0.2, 0) is 4.79 Å². The van der Waals surface area contributed by atoms with Gasteiger partial charge in [-0.1, -0.05) is 32.9 Å². The predicted molar refractivity (Wildman–Crippen MR) is 105 cm³/mol. The van der Waals surface area contributed by atoms with Crippen LogP contribution in [0.15, 0.2) is 41.6 Å². The average molecular weight is 390 g/mol. The number of carbonyl (C=O) groups is 1. The summed E-state index contributed by atoms with van der Waals surface area (Å²) in [6.45, 7) is 5.80. The quantitative estimate of drug-likeness (QED) is 0.386. The van der Waals surface area contributed by atoms with E-state index in [0.717, 1.165) is 27.3 Å². The van der Waals surface area contributed by atoms with Crippen LogP contribution in [0.25, 0.3) is 16.7 Å². The lowest BCUT2D eigenvalue weighted by atomic mass is 9.76. The van der Waals surface area contributed by atoms with Gasteiger partial charge < -0.3 is 9.67 Å². The number of carboxylic acids is 1. The highest BCUT2D eigenvalue weighted by Crippen LogP contribution is 2.36. The molecule has 3 rings (SSSR count). The lowest BCUT2D eigenvalue weighted by Crippen LogP contribution is -2.26. The van der Waals surface area contributed by atoms with Crippen LogP contribution in [0.5, 0.6) is 0 Å². The topological polar surface area (TPSA) is 68.0 Å². The molecule has 0 aliphatic rings. The third-order valence-corrected chi connectivity index (χ3v) is 5.16. The number of benzene rings is 1. The number of thioether (sulfide) groups is 1. The van der Waals surface area contributed by atoms with Crippen LogP contribution < -0.4 is 0 Å². The number of nitrogens with zero attached hydrogens (tertiary/aromatic N) is 3. The first-order valence-electron chi connectivity index (χ1n) is 8.14. The molecule has 2 aromatic heterocycles. The maximum absolute atomic E-state index is 11.7. The Bertz CT molecular complexity index is 961. The summed E-state index contributed by atoms with van der Waals surface area (Å²) in [4.78, 5) is 20.3. The number of aromatic nitrogens is 3. The maximum Gasteiger partial charge on any atom is 0.311 e. The molecule has 0 aliphatic heterocycles. The fourth-order valence-electron chi connectivity index (χ4n) is 3.17. The van der Waals surface area contributed by atoms with E-state index in [9.17, 15) is 9.90 Å². The highest BCUT2D eigenvalue weighted by atomic mass is 35.5. The molecule has 5 nitrogen and oxygen atoms in total. The zero-order chi connectivity index (χ0) is 19.1. The molecule has 136 valence electrons. The van der Waals surface area contributed by atoms with Gasteiger partial charge in [0.1, 0.15) is 5.03 Å². The van der Waals surface area contributed by atoms with E-state index in [1.807, 2.05) is 68.1 Å². The smallest absolute Gasteiger partial charge is 0.311 e. The van der Waals surface area contributed by atoms with Gasteiger partial charge in [-0.05, 0) is 47.0 Å². The molecule has 7 heteroatoms. The highest BCUT2D eigenvalue weighted by molar-refractivity contribution is 7.98. The van der Waals surface area contributed by atoms with Gasteiger partial charge in [0.15, 0.2) is 5.65 Å². The van der Waals surface area contributed by atoms with Crippen molar-refractivity contribution in [1.29, 1.82) is 0 Å². The van der Waals surface area contributed by atoms with Gasteiger partial charge in [0.05, 0.1) is 11.3 Å². The summed E-state index contributed by atoms with van der Waals surface area (Å²) in [6.07, 6.45) is 3.87. The first kappa shape index (κ1) is 18.7. The molecule has 26 heavy (non-hydrogen) atoms. The second-order valence-corrected chi connectivity index (χ2v) is 8.29. The van der Waals surface area contributed by atoms with Crippen LogP contribution in [0.2, 0.25) is 5.28 Å². The van der Waals surface area contributed by atoms with Crippen molar-refractivity contribution < 1.29 is 9.90 Å². The normalized spacial score (nSPS) is 13.1. The van der Waals surface area contributed by atoms with Gasteiger partial charge in [-0.3, -0.25) is 4.79 Å². The molecule has 0 radical (unpaired) electrons. The Hall–Kier alpha value is -2.05. The van der Waals surface area contributed by atoms with Crippen LogP contribution in [0.3, 0.4) is 0 Å². The summed E-state index contributed by atoms with van der Waals surface area (Å²) >= 11 is 7.58. The molecule has 0 bridgehead atoms. The molecule has 2 heterocycles. The fraction of sp³-hybridized carbons (Fsp3) is 0.316. The van der Waals surface area contributed by atoms with Crippen molar-refractivity contribution in [3.8, 4) is 5.69 Å². The molecule has 1 unspecified atom stereocenters. The number of rotatable bonds is 4. The number of hydrogen-bond acceptors (Lipinski definition) is 4. The molecular weight excluding hydrogens is 370 g/mol. The maximum atomic E-state index is 11.7. The Morgan fingerprint density at radius 3 is 2.38 bits per heavy atom. The molecule has 0 aliphatic carbocycles. The lowest BCUT2D eigenvalue weighted by molar-refractivity contribution is -0.141. The number of aliphatic carboxylic acids is 1. The van der Waals surface area contributed by atoms with Crippen LogP contribution in [-0.4, -0.2) is 31.9 Å². The minimum absolute atomic E-state index is 0.206.